The van der Waals surface area contributed by atoms with E-state index < -0.39 is 0 Å². The lowest BCUT2D eigenvalue weighted by Gasteiger charge is -2.43. The number of ether oxygens (including phenoxy) is 1. The van der Waals surface area contributed by atoms with E-state index in [1.165, 1.54) is 28.7 Å². The quantitative estimate of drug-likeness (QED) is 0.735. The second kappa shape index (κ2) is 6.34. The topological polar surface area (TPSA) is 29.5 Å². The minimum absolute atomic E-state index is 0.0181. The Kier molecular flexibility index (Phi) is 4.05. The molecule has 4 aliphatic rings. The van der Waals surface area contributed by atoms with E-state index in [-0.39, 0.29) is 29.3 Å². The highest BCUT2D eigenvalue weighted by Gasteiger charge is 2.51. The van der Waals surface area contributed by atoms with Gasteiger partial charge in [0.2, 0.25) is 0 Å². The Morgan fingerprint density at radius 1 is 1.26 bits per heavy atom. The molecule has 0 N–H and O–H groups in total. The Bertz CT molecular complexity index is 839. The maximum Gasteiger partial charge on any atom is 0.311 e. The van der Waals surface area contributed by atoms with Crippen LogP contribution < -0.4 is 0 Å². The first-order valence-electron chi connectivity index (χ1n) is 10.4. The van der Waals surface area contributed by atoms with Crippen molar-refractivity contribution < 1.29 is 9.53 Å². The Morgan fingerprint density at radius 2 is 2.07 bits per heavy atom. The van der Waals surface area contributed by atoms with E-state index in [2.05, 4.69) is 55.2 Å². The smallest absolute Gasteiger partial charge is 0.311 e. The zero-order valence-electron chi connectivity index (χ0n) is 16.4. The van der Waals surface area contributed by atoms with Crippen molar-refractivity contribution in [3.05, 3.63) is 58.7 Å². The van der Waals surface area contributed by atoms with E-state index >= 15 is 0 Å². The lowest BCUT2D eigenvalue weighted by Crippen LogP contribution is -2.40. The first-order chi connectivity index (χ1) is 13.0. The summed E-state index contributed by atoms with van der Waals surface area (Å²) in [4.78, 5) is 15.2. The average Bonchev–Trinajstić information content (AvgIpc) is 2.94. The van der Waals surface area contributed by atoms with Crippen molar-refractivity contribution in [1.29, 1.82) is 0 Å². The maximum absolute atomic E-state index is 12.8. The standard InChI is InChI=1S/C24H29NO2/c1-16-6-5-10-24(2)13-22-19(12-21(16)24)20(23(26)27-22)15-25-11-9-17-7-3-4-8-18(17)14-25/h3-4,6-8,12,19-20,22H,5,9-11,13-15H2,1-2H3. The molecule has 2 aliphatic heterocycles. The van der Waals surface area contributed by atoms with Crippen molar-refractivity contribution in [2.75, 3.05) is 13.1 Å². The molecule has 1 aromatic carbocycles. The fourth-order valence-electron chi connectivity index (χ4n) is 5.83. The van der Waals surface area contributed by atoms with Crippen molar-refractivity contribution in [2.24, 2.45) is 17.3 Å². The minimum atomic E-state index is -0.0213. The Labute approximate surface area is 162 Å². The molecule has 2 aliphatic carbocycles. The Morgan fingerprint density at radius 3 is 2.93 bits per heavy atom. The molecule has 0 saturated carbocycles. The van der Waals surface area contributed by atoms with Gasteiger partial charge >= 0.3 is 5.97 Å². The van der Waals surface area contributed by atoms with Gasteiger partial charge in [0.1, 0.15) is 6.10 Å². The molecule has 1 aromatic rings. The van der Waals surface area contributed by atoms with E-state index in [9.17, 15) is 4.79 Å². The number of carbonyl (C=O) groups is 1. The summed E-state index contributed by atoms with van der Waals surface area (Å²) in [6.07, 6.45) is 9.22. The highest BCUT2D eigenvalue weighted by molar-refractivity contribution is 5.76. The van der Waals surface area contributed by atoms with Crippen molar-refractivity contribution in [3.8, 4) is 0 Å². The summed E-state index contributed by atoms with van der Waals surface area (Å²) >= 11 is 0. The molecule has 2 heterocycles. The molecule has 1 saturated heterocycles. The van der Waals surface area contributed by atoms with Gasteiger partial charge in [-0.2, -0.15) is 0 Å². The third-order valence-corrected chi connectivity index (χ3v) is 7.36. The molecule has 0 radical (unpaired) electrons. The van der Waals surface area contributed by atoms with Crippen LogP contribution in [0.3, 0.4) is 0 Å². The van der Waals surface area contributed by atoms with Gasteiger partial charge in [0.05, 0.1) is 5.92 Å². The number of hydrogen-bond donors (Lipinski definition) is 0. The van der Waals surface area contributed by atoms with Crippen molar-refractivity contribution in [2.45, 2.75) is 52.2 Å². The maximum atomic E-state index is 12.8. The largest absolute Gasteiger partial charge is 0.461 e. The van der Waals surface area contributed by atoms with Crippen LogP contribution in [0.15, 0.2) is 47.6 Å². The van der Waals surface area contributed by atoms with E-state index in [1.807, 2.05) is 0 Å². The van der Waals surface area contributed by atoms with Crippen LogP contribution in [0, 0.1) is 17.3 Å². The number of hydrogen-bond acceptors (Lipinski definition) is 3. The number of benzene rings is 1. The van der Waals surface area contributed by atoms with Gasteiger partial charge in [-0.1, -0.05) is 48.9 Å². The van der Waals surface area contributed by atoms with Crippen LogP contribution in [0.2, 0.25) is 0 Å². The van der Waals surface area contributed by atoms with Gasteiger partial charge < -0.3 is 4.74 Å². The lowest BCUT2D eigenvalue weighted by atomic mass is 9.62. The van der Waals surface area contributed by atoms with E-state index in [1.54, 1.807) is 0 Å². The van der Waals surface area contributed by atoms with Crippen LogP contribution in [-0.4, -0.2) is 30.1 Å². The molecular weight excluding hydrogens is 334 g/mol. The summed E-state index contributed by atoms with van der Waals surface area (Å²) in [5.74, 6) is 0.232. The van der Waals surface area contributed by atoms with Gasteiger partial charge in [-0.15, -0.1) is 0 Å². The Hall–Kier alpha value is -1.87. The molecule has 0 bridgehead atoms. The van der Waals surface area contributed by atoms with Gasteiger partial charge in [0, 0.05) is 25.6 Å². The van der Waals surface area contributed by atoms with Gasteiger partial charge in [0.15, 0.2) is 0 Å². The summed E-state index contributed by atoms with van der Waals surface area (Å²) < 4.78 is 5.91. The predicted molar refractivity (Wildman–Crippen MR) is 106 cm³/mol. The number of carbonyl (C=O) groups excluding carboxylic acids is 1. The molecule has 4 unspecified atom stereocenters. The van der Waals surface area contributed by atoms with Crippen LogP contribution in [0.4, 0.5) is 0 Å². The van der Waals surface area contributed by atoms with Gasteiger partial charge in [-0.3, -0.25) is 9.69 Å². The zero-order valence-corrected chi connectivity index (χ0v) is 16.4. The highest BCUT2D eigenvalue weighted by atomic mass is 16.6. The summed E-state index contributed by atoms with van der Waals surface area (Å²) in [7, 11) is 0. The van der Waals surface area contributed by atoms with Gasteiger partial charge in [0.25, 0.3) is 0 Å². The predicted octanol–water partition coefficient (Wildman–Crippen LogP) is 4.28. The SMILES string of the molecule is CC1=CCCC2(C)CC3OC(=O)C(CN4CCc5ccccc5C4)C3C=C12. The second-order valence-corrected chi connectivity index (χ2v) is 9.18. The first-order valence-corrected chi connectivity index (χ1v) is 10.4. The molecular formula is C24H29NO2. The van der Waals surface area contributed by atoms with E-state index in [0.29, 0.717) is 0 Å². The van der Waals surface area contributed by atoms with E-state index in [0.717, 1.165) is 38.9 Å². The molecule has 142 valence electrons. The molecule has 27 heavy (non-hydrogen) atoms. The third kappa shape index (κ3) is 2.87. The number of rotatable bonds is 2. The van der Waals surface area contributed by atoms with Crippen LogP contribution >= 0.6 is 0 Å². The number of allylic oxidation sites excluding steroid dienone is 3. The number of nitrogens with zero attached hydrogens (tertiary/aromatic N) is 1. The summed E-state index contributed by atoms with van der Waals surface area (Å²) in [5.41, 5.74) is 5.93. The molecule has 4 atom stereocenters. The molecule has 0 spiro atoms. The average molecular weight is 364 g/mol. The number of esters is 1. The number of fused-ring (bicyclic) bond motifs is 3. The van der Waals surface area contributed by atoms with Gasteiger partial charge in [-0.25, -0.2) is 0 Å². The van der Waals surface area contributed by atoms with Crippen LogP contribution in [-0.2, 0) is 22.5 Å². The summed E-state index contributed by atoms with van der Waals surface area (Å²) in [5, 5.41) is 0. The molecule has 0 amide bonds. The molecule has 5 rings (SSSR count). The zero-order chi connectivity index (χ0) is 18.6. The summed E-state index contributed by atoms with van der Waals surface area (Å²) in [6.45, 7) is 7.39. The normalized spacial score (nSPS) is 35.5. The van der Waals surface area contributed by atoms with Crippen LogP contribution in [0.5, 0.6) is 0 Å². The van der Waals surface area contributed by atoms with E-state index in [4.69, 9.17) is 4.74 Å². The minimum Gasteiger partial charge on any atom is -0.461 e. The molecule has 1 fully saturated rings. The monoisotopic (exact) mass is 363 g/mol. The van der Waals surface area contributed by atoms with Crippen molar-refractivity contribution >= 4 is 5.97 Å². The molecule has 3 heteroatoms. The van der Waals surface area contributed by atoms with Crippen LogP contribution in [0.1, 0.15) is 44.2 Å². The van der Waals surface area contributed by atoms with Gasteiger partial charge in [-0.05, 0) is 54.7 Å². The second-order valence-electron chi connectivity index (χ2n) is 9.18. The lowest BCUT2D eigenvalue weighted by molar-refractivity contribution is -0.145. The van der Waals surface area contributed by atoms with Crippen LogP contribution in [0.25, 0.3) is 0 Å². The highest BCUT2D eigenvalue weighted by Crippen LogP contribution is 2.52. The molecule has 0 aromatic heterocycles. The summed E-state index contributed by atoms with van der Waals surface area (Å²) in [6, 6.07) is 8.70. The third-order valence-electron chi connectivity index (χ3n) is 7.36. The van der Waals surface area contributed by atoms with Crippen molar-refractivity contribution in [3.63, 3.8) is 0 Å². The Balaban J connectivity index is 1.39. The molecule has 3 nitrogen and oxygen atoms in total. The first kappa shape index (κ1) is 17.2. The fourth-order valence-corrected chi connectivity index (χ4v) is 5.83. The van der Waals surface area contributed by atoms with Crippen molar-refractivity contribution in [1.82, 2.24) is 4.90 Å². The fraction of sp³-hybridized carbons (Fsp3) is 0.542.